The average Bonchev–Trinajstić information content (AvgIpc) is 2.85. The van der Waals surface area contributed by atoms with Crippen LogP contribution in [0.25, 0.3) is 0 Å². The van der Waals surface area contributed by atoms with Crippen molar-refractivity contribution in [3.05, 3.63) is 29.3 Å². The van der Waals surface area contributed by atoms with Crippen molar-refractivity contribution in [3.63, 3.8) is 0 Å². The molecule has 0 aliphatic rings. The SMILES string of the molecule is [3H]C(CCCCCCCCCCCCC)CC([3H])CCOC(=O)CCc1ccc(O)cc1CCCC. The van der Waals surface area contributed by atoms with E-state index in [1.807, 2.05) is 6.07 Å². The van der Waals surface area contributed by atoms with Gasteiger partial charge in [-0.15, -0.1) is 0 Å². The topological polar surface area (TPSA) is 46.5 Å². The summed E-state index contributed by atoms with van der Waals surface area (Å²) < 4.78 is 21.8. The van der Waals surface area contributed by atoms with Gasteiger partial charge >= 0.3 is 5.97 Å². The van der Waals surface area contributed by atoms with Gasteiger partial charge in [0.1, 0.15) is 5.75 Å². The predicted molar refractivity (Wildman–Crippen MR) is 146 cm³/mol. The van der Waals surface area contributed by atoms with Crippen LogP contribution in [0, 0.1) is 0 Å². The maximum Gasteiger partial charge on any atom is 0.306 e. The van der Waals surface area contributed by atoms with Crippen molar-refractivity contribution < 1.29 is 17.4 Å². The molecule has 0 radical (unpaired) electrons. The van der Waals surface area contributed by atoms with E-state index in [2.05, 4.69) is 13.8 Å². The van der Waals surface area contributed by atoms with Gasteiger partial charge in [-0.05, 0) is 48.9 Å². The molecule has 0 amide bonds. The van der Waals surface area contributed by atoms with Crippen LogP contribution in [0.15, 0.2) is 18.2 Å². The second kappa shape index (κ2) is 22.0. The summed E-state index contributed by atoms with van der Waals surface area (Å²) in [6.45, 7) is 4.66. The highest BCUT2D eigenvalue weighted by Gasteiger charge is 2.08. The normalized spacial score (nSPS) is 13.8. The number of ether oxygens (including phenoxy) is 1. The van der Waals surface area contributed by atoms with Gasteiger partial charge in [0.25, 0.3) is 0 Å². The van der Waals surface area contributed by atoms with Crippen LogP contribution in [0.2, 0.25) is 0 Å². The van der Waals surface area contributed by atoms with Gasteiger partial charge in [0.2, 0.25) is 0 Å². The lowest BCUT2D eigenvalue weighted by Crippen LogP contribution is -2.08. The molecule has 0 saturated heterocycles. The lowest BCUT2D eigenvalue weighted by atomic mass is 9.98. The molecular weight excluding hydrogens is 420 g/mol. The van der Waals surface area contributed by atoms with Crippen molar-refractivity contribution in [2.75, 3.05) is 6.61 Å². The summed E-state index contributed by atoms with van der Waals surface area (Å²) in [7, 11) is 0. The zero-order valence-electron chi connectivity index (χ0n) is 24.3. The number of aromatic hydroxyl groups is 1. The molecule has 2 unspecified atom stereocenters. The van der Waals surface area contributed by atoms with Gasteiger partial charge in [-0.1, -0.05) is 123 Å². The molecule has 196 valence electrons. The minimum Gasteiger partial charge on any atom is -0.508 e. The van der Waals surface area contributed by atoms with Gasteiger partial charge in [-0.3, -0.25) is 4.79 Å². The highest BCUT2D eigenvalue weighted by molar-refractivity contribution is 5.69. The lowest BCUT2D eigenvalue weighted by molar-refractivity contribution is -0.143. The lowest BCUT2D eigenvalue weighted by Gasteiger charge is -2.10. The van der Waals surface area contributed by atoms with Gasteiger partial charge < -0.3 is 9.84 Å². The monoisotopic (exact) mass is 478 g/mol. The molecule has 1 N–H and O–H groups in total. The summed E-state index contributed by atoms with van der Waals surface area (Å²) in [5.41, 5.74) is 2.20. The number of hydrogen-bond acceptors (Lipinski definition) is 3. The van der Waals surface area contributed by atoms with E-state index in [1.54, 1.807) is 12.1 Å². The van der Waals surface area contributed by atoms with E-state index < -0.39 is 0 Å². The van der Waals surface area contributed by atoms with E-state index in [9.17, 15) is 9.90 Å². The van der Waals surface area contributed by atoms with E-state index >= 15 is 0 Å². The van der Waals surface area contributed by atoms with Crippen LogP contribution < -0.4 is 0 Å². The number of unbranched alkanes of at least 4 members (excludes halogenated alkanes) is 11. The van der Waals surface area contributed by atoms with Gasteiger partial charge in [0.15, 0.2) is 0 Å². The van der Waals surface area contributed by atoms with Crippen LogP contribution in [0.1, 0.15) is 150 Å². The first-order valence-electron chi connectivity index (χ1n) is 15.4. The second-order valence-corrected chi connectivity index (χ2v) is 9.70. The smallest absolute Gasteiger partial charge is 0.306 e. The molecule has 0 saturated carbocycles. The Labute approximate surface area is 213 Å². The quantitative estimate of drug-likeness (QED) is 0.126. The highest BCUT2D eigenvalue weighted by Crippen LogP contribution is 2.20. The maximum absolute atomic E-state index is 12.2. The minimum atomic E-state index is -0.342. The third-order valence-electron chi connectivity index (χ3n) is 6.52. The van der Waals surface area contributed by atoms with E-state index in [0.717, 1.165) is 43.2 Å². The predicted octanol–water partition coefficient (Wildman–Crippen LogP) is 9.47. The fraction of sp³-hybridized carbons (Fsp3) is 0.774. The number of rotatable bonds is 23. The summed E-state index contributed by atoms with van der Waals surface area (Å²) in [4.78, 5) is 12.2. The average molecular weight is 479 g/mol. The summed E-state index contributed by atoms with van der Waals surface area (Å²) in [6, 6.07) is 5.38. The van der Waals surface area contributed by atoms with Crippen LogP contribution in [-0.4, -0.2) is 17.7 Å². The van der Waals surface area contributed by atoms with Gasteiger partial charge in [-0.25, -0.2) is 0 Å². The van der Waals surface area contributed by atoms with Crippen LogP contribution in [0.5, 0.6) is 5.75 Å². The first kappa shape index (κ1) is 27.1. The molecule has 0 fully saturated rings. The highest BCUT2D eigenvalue weighted by atomic mass is 16.5. The Hall–Kier alpha value is -1.51. The number of phenolic OH excluding ortho intramolecular Hbond substituents is 1. The number of benzene rings is 1. The summed E-state index contributed by atoms with van der Waals surface area (Å²) in [6.07, 6.45) is 19.8. The third kappa shape index (κ3) is 17.0. The summed E-state index contributed by atoms with van der Waals surface area (Å²) >= 11 is 0. The molecule has 0 spiro atoms. The van der Waals surface area contributed by atoms with Crippen molar-refractivity contribution in [3.8, 4) is 5.75 Å². The fourth-order valence-corrected chi connectivity index (χ4v) is 4.33. The number of carbonyl (C=O) groups is 1. The summed E-state index contributed by atoms with van der Waals surface area (Å²) in [5, 5.41) is 9.75. The van der Waals surface area contributed by atoms with Crippen molar-refractivity contribution in [1.82, 2.24) is 0 Å². The molecule has 0 aromatic heterocycles. The Bertz CT molecular complexity index is 680. The number of esters is 1. The molecule has 0 heterocycles. The van der Waals surface area contributed by atoms with Gasteiger partial charge in [-0.2, -0.15) is 0 Å². The first-order valence-corrected chi connectivity index (χ1v) is 14.3. The molecule has 2 atom stereocenters. The van der Waals surface area contributed by atoms with E-state index in [-0.39, 0.29) is 31.1 Å². The Kier molecular flexibility index (Phi) is 17.5. The van der Waals surface area contributed by atoms with Crippen molar-refractivity contribution in [2.24, 2.45) is 0 Å². The molecule has 1 aromatic rings. The van der Waals surface area contributed by atoms with Crippen molar-refractivity contribution in [1.29, 1.82) is 0 Å². The Morgan fingerprint density at radius 3 is 1.97 bits per heavy atom. The van der Waals surface area contributed by atoms with Crippen LogP contribution in [0.4, 0.5) is 0 Å². The van der Waals surface area contributed by atoms with E-state index in [4.69, 9.17) is 7.48 Å². The van der Waals surface area contributed by atoms with Crippen LogP contribution >= 0.6 is 0 Å². The zero-order chi connectivity index (χ0) is 26.4. The maximum atomic E-state index is 12.2. The Morgan fingerprint density at radius 1 is 0.735 bits per heavy atom. The Morgan fingerprint density at radius 2 is 1.32 bits per heavy atom. The fourth-order valence-electron chi connectivity index (χ4n) is 4.33. The number of hydrogen-bond donors (Lipinski definition) is 1. The second-order valence-electron chi connectivity index (χ2n) is 9.70. The first-order chi connectivity index (χ1) is 17.5. The van der Waals surface area contributed by atoms with Crippen molar-refractivity contribution >= 4 is 5.97 Å². The molecule has 1 aromatic carbocycles. The van der Waals surface area contributed by atoms with Crippen LogP contribution in [0.3, 0.4) is 0 Å². The van der Waals surface area contributed by atoms with Gasteiger partial charge in [0.05, 0.1) is 6.61 Å². The standard InChI is InChI=1S/C31H54O3/c1-3-5-7-8-9-10-11-12-13-14-15-16-17-18-19-20-26-34-31(33)25-23-28-22-24-30(32)27-29(28)21-6-4-2/h22,24,27,32H,3-21,23,25-26H2,1-2H3/i17T,19T. The molecule has 0 bridgehead atoms. The number of phenols is 1. The molecule has 3 nitrogen and oxygen atoms in total. The Balaban J connectivity index is 2.07. The molecule has 0 aliphatic heterocycles. The minimum absolute atomic E-state index is 0.183. The van der Waals surface area contributed by atoms with Gasteiger partial charge in [0, 0.05) is 9.16 Å². The largest absolute Gasteiger partial charge is 0.508 e. The van der Waals surface area contributed by atoms with Crippen molar-refractivity contribution in [2.45, 2.75) is 149 Å². The number of carbonyl (C=O) groups excluding carboxylic acids is 1. The molecule has 0 aliphatic carbocycles. The summed E-state index contributed by atoms with van der Waals surface area (Å²) in [5.74, 6) is 0.0326. The third-order valence-corrected chi connectivity index (χ3v) is 6.52. The molecule has 34 heavy (non-hydrogen) atoms. The number of aryl methyl sites for hydroxylation is 2. The van der Waals surface area contributed by atoms with E-state index in [0.29, 0.717) is 25.7 Å². The molecule has 3 heteroatoms. The van der Waals surface area contributed by atoms with Crippen LogP contribution in [-0.2, 0) is 22.4 Å². The molecule has 1 rings (SSSR count). The zero-order valence-corrected chi connectivity index (χ0v) is 22.3. The molecular formula is C31H54O3. The van der Waals surface area contributed by atoms with E-state index in [1.165, 1.54) is 64.2 Å².